The van der Waals surface area contributed by atoms with Gasteiger partial charge in [0.2, 0.25) is 0 Å². The number of ether oxygens (including phenoxy) is 2. The van der Waals surface area contributed by atoms with E-state index in [4.69, 9.17) is 9.47 Å². The molecule has 4 heteroatoms. The van der Waals surface area contributed by atoms with Crippen LogP contribution in [0.25, 0.3) is 0 Å². The fourth-order valence-corrected chi connectivity index (χ4v) is 1.57. The van der Waals surface area contributed by atoms with Crippen molar-refractivity contribution in [3.05, 3.63) is 23.8 Å². The Labute approximate surface area is 96.2 Å². The van der Waals surface area contributed by atoms with Gasteiger partial charge in [-0.2, -0.15) is 0 Å². The highest BCUT2D eigenvalue weighted by molar-refractivity contribution is 5.51. The zero-order valence-electron chi connectivity index (χ0n) is 9.99. The molecule has 0 radical (unpaired) electrons. The minimum absolute atomic E-state index is 0.0304. The lowest BCUT2D eigenvalue weighted by atomic mass is 10.1. The summed E-state index contributed by atoms with van der Waals surface area (Å²) in [5.41, 5.74) is 1.73. The van der Waals surface area contributed by atoms with Gasteiger partial charge in [0.1, 0.15) is 5.75 Å². The van der Waals surface area contributed by atoms with Gasteiger partial charge in [0.25, 0.3) is 0 Å². The summed E-state index contributed by atoms with van der Waals surface area (Å²) in [6, 6.07) is 5.87. The van der Waals surface area contributed by atoms with Crippen LogP contribution in [0.5, 0.6) is 5.75 Å². The first-order valence-corrected chi connectivity index (χ1v) is 5.24. The monoisotopic (exact) mass is 225 g/mol. The quantitative estimate of drug-likeness (QED) is 0.772. The van der Waals surface area contributed by atoms with Gasteiger partial charge in [0.05, 0.1) is 20.3 Å². The van der Waals surface area contributed by atoms with Crippen molar-refractivity contribution in [2.75, 3.05) is 26.1 Å². The second-order valence-electron chi connectivity index (χ2n) is 3.69. The van der Waals surface area contributed by atoms with E-state index in [0.29, 0.717) is 12.4 Å². The number of nitrogens with one attached hydrogen (secondary N) is 1. The molecule has 2 N–H and O–H groups in total. The molecular formula is C12H19NO3. The van der Waals surface area contributed by atoms with E-state index in [1.165, 1.54) is 0 Å². The van der Waals surface area contributed by atoms with Crippen molar-refractivity contribution in [1.82, 2.24) is 0 Å². The molecule has 1 atom stereocenters. The lowest BCUT2D eigenvalue weighted by Gasteiger charge is -2.15. The second kappa shape index (κ2) is 6.35. The molecule has 0 aromatic heterocycles. The number of benzene rings is 1. The molecule has 1 aromatic carbocycles. The van der Waals surface area contributed by atoms with Gasteiger partial charge in [-0.05, 0) is 25.1 Å². The third-order valence-electron chi connectivity index (χ3n) is 2.28. The third-order valence-corrected chi connectivity index (χ3v) is 2.28. The van der Waals surface area contributed by atoms with Crippen molar-refractivity contribution in [2.24, 2.45) is 0 Å². The predicted molar refractivity (Wildman–Crippen MR) is 63.9 cm³/mol. The largest absolute Gasteiger partial charge is 0.496 e. The first-order valence-electron chi connectivity index (χ1n) is 5.24. The van der Waals surface area contributed by atoms with Crippen LogP contribution in [0.3, 0.4) is 0 Å². The van der Waals surface area contributed by atoms with Crippen molar-refractivity contribution in [1.29, 1.82) is 0 Å². The third kappa shape index (κ3) is 3.40. The van der Waals surface area contributed by atoms with E-state index in [1.807, 2.05) is 25.1 Å². The highest BCUT2D eigenvalue weighted by Crippen LogP contribution is 2.22. The number of hydrogen-bond donors (Lipinski definition) is 2. The molecule has 0 heterocycles. The molecule has 0 saturated carbocycles. The second-order valence-corrected chi connectivity index (χ2v) is 3.69. The standard InChI is InChI=1S/C12H19NO3/c1-9(8-15-2)13-11-4-5-12(16-3)10(6-11)7-14/h4-6,9,13-14H,7-8H2,1-3H3. The van der Waals surface area contributed by atoms with E-state index in [9.17, 15) is 5.11 Å². The Morgan fingerprint density at radius 3 is 2.69 bits per heavy atom. The van der Waals surface area contributed by atoms with Crippen molar-refractivity contribution in [3.8, 4) is 5.75 Å². The van der Waals surface area contributed by atoms with Gasteiger partial charge >= 0.3 is 0 Å². The number of rotatable bonds is 6. The SMILES string of the molecule is COCC(C)Nc1ccc(OC)c(CO)c1. The van der Waals surface area contributed by atoms with Crippen LogP contribution in [-0.2, 0) is 11.3 Å². The van der Waals surface area contributed by atoms with Crippen LogP contribution in [0.15, 0.2) is 18.2 Å². The van der Waals surface area contributed by atoms with E-state index in [-0.39, 0.29) is 12.6 Å². The maximum absolute atomic E-state index is 9.18. The minimum Gasteiger partial charge on any atom is -0.496 e. The zero-order valence-corrected chi connectivity index (χ0v) is 9.99. The van der Waals surface area contributed by atoms with E-state index in [1.54, 1.807) is 14.2 Å². The highest BCUT2D eigenvalue weighted by atomic mass is 16.5. The first kappa shape index (κ1) is 12.8. The molecule has 1 rings (SSSR count). The summed E-state index contributed by atoms with van der Waals surface area (Å²) >= 11 is 0. The summed E-state index contributed by atoms with van der Waals surface area (Å²) in [7, 11) is 3.26. The molecule has 0 spiro atoms. The normalized spacial score (nSPS) is 12.2. The molecule has 0 bridgehead atoms. The van der Waals surface area contributed by atoms with E-state index in [2.05, 4.69) is 5.32 Å². The maximum Gasteiger partial charge on any atom is 0.124 e. The number of aliphatic hydroxyl groups excluding tert-OH is 1. The molecule has 1 aromatic rings. The lowest BCUT2D eigenvalue weighted by molar-refractivity contribution is 0.190. The minimum atomic E-state index is -0.0304. The number of aliphatic hydroxyl groups is 1. The summed E-state index contributed by atoms with van der Waals surface area (Å²) in [4.78, 5) is 0. The van der Waals surface area contributed by atoms with Crippen LogP contribution < -0.4 is 10.1 Å². The fourth-order valence-electron chi connectivity index (χ4n) is 1.57. The molecule has 16 heavy (non-hydrogen) atoms. The summed E-state index contributed by atoms with van der Waals surface area (Å²) in [6.07, 6.45) is 0. The maximum atomic E-state index is 9.18. The van der Waals surface area contributed by atoms with Crippen molar-refractivity contribution < 1.29 is 14.6 Å². The Hall–Kier alpha value is -1.26. The molecule has 0 aliphatic heterocycles. The summed E-state index contributed by atoms with van der Waals surface area (Å²) < 4.78 is 10.2. The van der Waals surface area contributed by atoms with Gasteiger partial charge < -0.3 is 19.9 Å². The Kier molecular flexibility index (Phi) is 5.08. The molecule has 0 fully saturated rings. The molecule has 4 nitrogen and oxygen atoms in total. The number of anilines is 1. The smallest absolute Gasteiger partial charge is 0.124 e. The van der Waals surface area contributed by atoms with Crippen molar-refractivity contribution >= 4 is 5.69 Å². The molecule has 0 amide bonds. The van der Waals surface area contributed by atoms with Crippen molar-refractivity contribution in [2.45, 2.75) is 19.6 Å². The zero-order chi connectivity index (χ0) is 12.0. The summed E-state index contributed by atoms with van der Waals surface area (Å²) in [5, 5.41) is 12.5. The van der Waals surface area contributed by atoms with Gasteiger partial charge in [-0.1, -0.05) is 0 Å². The van der Waals surface area contributed by atoms with Crippen LogP contribution >= 0.6 is 0 Å². The Balaban J connectivity index is 2.74. The fraction of sp³-hybridized carbons (Fsp3) is 0.500. The Bertz CT molecular complexity index is 328. The average Bonchev–Trinajstić information content (AvgIpc) is 2.29. The molecule has 0 aliphatic rings. The van der Waals surface area contributed by atoms with Gasteiger partial charge in [0, 0.05) is 24.4 Å². The van der Waals surface area contributed by atoms with E-state index in [0.717, 1.165) is 11.3 Å². The first-order chi connectivity index (χ1) is 7.71. The topological polar surface area (TPSA) is 50.7 Å². The van der Waals surface area contributed by atoms with Crippen LogP contribution in [0.4, 0.5) is 5.69 Å². The lowest BCUT2D eigenvalue weighted by Crippen LogP contribution is -2.20. The van der Waals surface area contributed by atoms with Gasteiger partial charge in [-0.3, -0.25) is 0 Å². The molecule has 0 aliphatic carbocycles. The van der Waals surface area contributed by atoms with Crippen LogP contribution in [0.2, 0.25) is 0 Å². The van der Waals surface area contributed by atoms with E-state index >= 15 is 0 Å². The van der Waals surface area contributed by atoms with E-state index < -0.39 is 0 Å². The Morgan fingerprint density at radius 1 is 1.38 bits per heavy atom. The molecule has 1 unspecified atom stereocenters. The predicted octanol–water partition coefficient (Wildman–Crippen LogP) is 1.63. The molecule has 0 saturated heterocycles. The summed E-state index contributed by atoms with van der Waals surface area (Å²) in [5.74, 6) is 0.701. The number of methoxy groups -OCH3 is 2. The Morgan fingerprint density at radius 2 is 2.12 bits per heavy atom. The highest BCUT2D eigenvalue weighted by Gasteiger charge is 2.05. The van der Waals surface area contributed by atoms with Crippen LogP contribution in [-0.4, -0.2) is 32.0 Å². The van der Waals surface area contributed by atoms with Crippen LogP contribution in [0.1, 0.15) is 12.5 Å². The van der Waals surface area contributed by atoms with Crippen LogP contribution in [0, 0.1) is 0 Å². The van der Waals surface area contributed by atoms with Gasteiger partial charge in [-0.25, -0.2) is 0 Å². The molecular weight excluding hydrogens is 206 g/mol. The number of hydrogen-bond acceptors (Lipinski definition) is 4. The average molecular weight is 225 g/mol. The van der Waals surface area contributed by atoms with Crippen molar-refractivity contribution in [3.63, 3.8) is 0 Å². The van der Waals surface area contributed by atoms with Gasteiger partial charge in [-0.15, -0.1) is 0 Å². The van der Waals surface area contributed by atoms with Gasteiger partial charge in [0.15, 0.2) is 0 Å². The summed E-state index contributed by atoms with van der Waals surface area (Å²) in [6.45, 7) is 2.64. The molecule has 90 valence electrons.